The van der Waals surface area contributed by atoms with Crippen molar-refractivity contribution in [3.8, 4) is 11.5 Å². The fourth-order valence-corrected chi connectivity index (χ4v) is 3.36. The van der Waals surface area contributed by atoms with E-state index < -0.39 is 15.9 Å². The number of hydrogen-bond donors (Lipinski definition) is 1. The van der Waals surface area contributed by atoms with Gasteiger partial charge in [-0.15, -0.1) is 0 Å². The van der Waals surface area contributed by atoms with Crippen LogP contribution in [0.2, 0.25) is 0 Å². The smallest absolute Gasteiger partial charge is 0.255 e. The number of sulfonamides is 1. The van der Waals surface area contributed by atoms with E-state index in [1.807, 2.05) is 0 Å². The molecule has 2 aromatic rings. The minimum absolute atomic E-state index is 0.0656. The molecular weight excluding hydrogens is 394 g/mol. The number of methoxy groups -OCH3 is 1. The summed E-state index contributed by atoms with van der Waals surface area (Å²) in [5.41, 5.74) is 3.06. The van der Waals surface area contributed by atoms with Crippen LogP contribution in [0.5, 0.6) is 11.5 Å². The van der Waals surface area contributed by atoms with Gasteiger partial charge in [-0.25, -0.2) is 13.8 Å². The van der Waals surface area contributed by atoms with Gasteiger partial charge < -0.3 is 9.47 Å². The van der Waals surface area contributed by atoms with Gasteiger partial charge >= 0.3 is 0 Å². The second kappa shape index (κ2) is 10.4. The molecule has 1 N–H and O–H groups in total. The molecule has 0 saturated carbocycles. The van der Waals surface area contributed by atoms with Crippen LogP contribution in [0.1, 0.15) is 5.56 Å². The molecule has 2 rings (SSSR count). The van der Waals surface area contributed by atoms with Crippen molar-refractivity contribution in [1.82, 2.24) is 9.73 Å². The molecular formula is C20H23N3O5S. The van der Waals surface area contributed by atoms with Gasteiger partial charge in [-0.05, 0) is 54.1 Å². The third kappa shape index (κ3) is 6.44. The Morgan fingerprint density at radius 2 is 1.76 bits per heavy atom. The lowest BCUT2D eigenvalue weighted by molar-refractivity contribution is -0.121. The summed E-state index contributed by atoms with van der Waals surface area (Å²) in [6, 6.07) is 13.0. The van der Waals surface area contributed by atoms with E-state index in [0.717, 1.165) is 9.87 Å². The molecule has 0 heterocycles. The quantitative estimate of drug-likeness (QED) is 0.362. The second-order valence-corrected chi connectivity index (χ2v) is 7.94. The third-order valence-corrected chi connectivity index (χ3v) is 5.60. The van der Waals surface area contributed by atoms with E-state index in [1.165, 1.54) is 32.5 Å². The zero-order valence-electron chi connectivity index (χ0n) is 16.2. The number of nitrogens with zero attached hydrogens (tertiary/aromatic N) is 2. The Labute approximate surface area is 170 Å². The number of rotatable bonds is 10. The van der Waals surface area contributed by atoms with Crippen LogP contribution in [0.15, 0.2) is 71.2 Å². The number of benzene rings is 2. The highest BCUT2D eigenvalue weighted by atomic mass is 32.2. The molecule has 8 nitrogen and oxygen atoms in total. The lowest BCUT2D eigenvalue weighted by atomic mass is 10.2. The molecule has 0 saturated heterocycles. The van der Waals surface area contributed by atoms with Crippen LogP contribution in [-0.2, 0) is 14.8 Å². The summed E-state index contributed by atoms with van der Waals surface area (Å²) < 4.78 is 36.4. The molecule has 29 heavy (non-hydrogen) atoms. The first kappa shape index (κ1) is 22.1. The maximum Gasteiger partial charge on any atom is 0.255 e. The van der Waals surface area contributed by atoms with E-state index in [4.69, 9.17) is 9.47 Å². The average Bonchev–Trinajstić information content (AvgIpc) is 2.73. The highest BCUT2D eigenvalue weighted by Crippen LogP contribution is 2.18. The first-order valence-electron chi connectivity index (χ1n) is 8.63. The van der Waals surface area contributed by atoms with Gasteiger partial charge in [0.15, 0.2) is 0 Å². The van der Waals surface area contributed by atoms with Crippen molar-refractivity contribution in [2.24, 2.45) is 5.10 Å². The summed E-state index contributed by atoms with van der Waals surface area (Å²) in [6.07, 6.45) is 3.10. The lowest BCUT2D eigenvalue weighted by Gasteiger charge is -2.16. The molecule has 0 spiro atoms. The predicted molar refractivity (Wildman–Crippen MR) is 111 cm³/mol. The Balaban J connectivity index is 1.90. The molecule has 0 aliphatic carbocycles. The number of likely N-dealkylation sites (N-methyl/N-ethyl adjacent to an activating group) is 1. The number of carbonyl (C=O) groups is 1. The van der Waals surface area contributed by atoms with Crippen LogP contribution < -0.4 is 14.9 Å². The maximum absolute atomic E-state index is 12.5. The van der Waals surface area contributed by atoms with Crippen molar-refractivity contribution in [1.29, 1.82) is 0 Å². The Morgan fingerprint density at radius 3 is 2.34 bits per heavy atom. The van der Waals surface area contributed by atoms with Gasteiger partial charge in [-0.1, -0.05) is 12.7 Å². The van der Waals surface area contributed by atoms with Crippen LogP contribution in [0, 0.1) is 0 Å². The van der Waals surface area contributed by atoms with Crippen molar-refractivity contribution < 1.29 is 22.7 Å². The summed E-state index contributed by atoms with van der Waals surface area (Å²) in [7, 11) is -0.989. The van der Waals surface area contributed by atoms with Crippen molar-refractivity contribution >= 4 is 22.1 Å². The first-order chi connectivity index (χ1) is 13.9. The zero-order chi connectivity index (χ0) is 21.3. The topological polar surface area (TPSA) is 97.3 Å². The van der Waals surface area contributed by atoms with Crippen molar-refractivity contribution in [2.45, 2.75) is 4.90 Å². The normalized spacial score (nSPS) is 11.4. The van der Waals surface area contributed by atoms with E-state index >= 15 is 0 Å². The lowest BCUT2D eigenvalue weighted by Crippen LogP contribution is -2.36. The first-order valence-corrected chi connectivity index (χ1v) is 10.1. The average molecular weight is 417 g/mol. The minimum atomic E-state index is -3.80. The maximum atomic E-state index is 12.5. The monoisotopic (exact) mass is 417 g/mol. The molecule has 2 aromatic carbocycles. The molecule has 9 heteroatoms. The van der Waals surface area contributed by atoms with Crippen molar-refractivity contribution in [3.63, 3.8) is 0 Å². The van der Waals surface area contributed by atoms with Crippen molar-refractivity contribution in [3.05, 3.63) is 66.7 Å². The molecule has 0 radical (unpaired) electrons. The van der Waals surface area contributed by atoms with Crippen molar-refractivity contribution in [2.75, 3.05) is 27.3 Å². The Morgan fingerprint density at radius 1 is 1.14 bits per heavy atom. The number of hydrogen-bond acceptors (Lipinski definition) is 6. The molecule has 1 amide bonds. The third-order valence-electron chi connectivity index (χ3n) is 3.78. The van der Waals surface area contributed by atoms with E-state index in [9.17, 15) is 13.2 Å². The van der Waals surface area contributed by atoms with Gasteiger partial charge in [0.1, 0.15) is 18.1 Å². The number of ether oxygens (including phenoxy) is 2. The Bertz CT molecular complexity index is 955. The van der Waals surface area contributed by atoms with Gasteiger partial charge in [0.25, 0.3) is 5.91 Å². The number of hydrazone groups is 1. The second-order valence-electron chi connectivity index (χ2n) is 5.90. The van der Waals surface area contributed by atoms with Crippen LogP contribution >= 0.6 is 0 Å². The van der Waals surface area contributed by atoms with Crippen LogP contribution in [0.3, 0.4) is 0 Å². The molecule has 0 fully saturated rings. The summed E-state index contributed by atoms with van der Waals surface area (Å²) >= 11 is 0. The van der Waals surface area contributed by atoms with Gasteiger partial charge in [0.05, 0.1) is 24.8 Å². The fraction of sp³-hybridized carbons (Fsp3) is 0.200. The summed E-state index contributed by atoms with van der Waals surface area (Å²) in [6.45, 7) is 3.62. The summed E-state index contributed by atoms with van der Waals surface area (Å²) in [5.74, 6) is 0.669. The van der Waals surface area contributed by atoms with E-state index in [0.29, 0.717) is 18.1 Å². The number of amides is 1. The molecule has 0 atom stereocenters. The summed E-state index contributed by atoms with van der Waals surface area (Å²) in [4.78, 5) is 12.1. The highest BCUT2D eigenvalue weighted by molar-refractivity contribution is 7.89. The number of carbonyl (C=O) groups excluding carboxylic acids is 1. The molecule has 154 valence electrons. The number of nitrogens with one attached hydrogen (secondary N) is 1. The Hall–Kier alpha value is -3.17. The van der Waals surface area contributed by atoms with E-state index in [1.54, 1.807) is 42.5 Å². The molecule has 0 unspecified atom stereocenters. The minimum Gasteiger partial charge on any atom is -0.497 e. The predicted octanol–water partition coefficient (Wildman–Crippen LogP) is 2.03. The Kier molecular flexibility index (Phi) is 7.93. The molecule has 0 bridgehead atoms. The SMILES string of the molecule is C=CCOc1ccc(/C=N\NC(=O)CN(C)S(=O)(=O)c2ccc(OC)cc2)cc1. The fourth-order valence-electron chi connectivity index (χ4n) is 2.23. The summed E-state index contributed by atoms with van der Waals surface area (Å²) in [5, 5.41) is 3.84. The molecule has 0 aliphatic heterocycles. The highest BCUT2D eigenvalue weighted by Gasteiger charge is 2.22. The van der Waals surface area contributed by atoms with Gasteiger partial charge in [-0.2, -0.15) is 9.41 Å². The zero-order valence-corrected chi connectivity index (χ0v) is 17.1. The van der Waals surface area contributed by atoms with Gasteiger partial charge in [0, 0.05) is 7.05 Å². The largest absolute Gasteiger partial charge is 0.497 e. The van der Waals surface area contributed by atoms with Crippen LogP contribution in [0.4, 0.5) is 0 Å². The van der Waals surface area contributed by atoms with Crippen LogP contribution in [0.25, 0.3) is 0 Å². The van der Waals surface area contributed by atoms with E-state index in [2.05, 4.69) is 17.1 Å². The van der Waals surface area contributed by atoms with Gasteiger partial charge in [0.2, 0.25) is 10.0 Å². The van der Waals surface area contributed by atoms with E-state index in [-0.39, 0.29) is 11.4 Å². The molecule has 0 aromatic heterocycles. The van der Waals surface area contributed by atoms with Crippen LogP contribution in [-0.4, -0.2) is 52.2 Å². The van der Waals surface area contributed by atoms with Gasteiger partial charge in [-0.3, -0.25) is 4.79 Å². The molecule has 0 aliphatic rings. The standard InChI is InChI=1S/C20H23N3O5S/c1-4-13-28-18-7-5-16(6-8-18)14-21-22-20(24)15-23(2)29(25,26)19-11-9-17(27-3)10-12-19/h4-12,14H,1,13,15H2,2-3H3,(H,22,24)/b21-14-.